The standard InChI is InChI=1S/C21H20Cl2N2O3S/c1-3-7-18(20(27)28-4-2)29-21-24-17-9-6-5-8-14(17)19(26)25(21)13-10-11-15(22)16(23)12-13/h5-6,8-12,18H,3-4,7H2,1-2H3/t18-/m1/s1. The molecule has 0 unspecified atom stereocenters. The lowest BCUT2D eigenvalue weighted by Crippen LogP contribution is -2.25. The van der Waals surface area contributed by atoms with Crippen LogP contribution in [0.25, 0.3) is 16.6 Å². The van der Waals surface area contributed by atoms with Gasteiger partial charge in [0.05, 0.1) is 33.2 Å². The van der Waals surface area contributed by atoms with Gasteiger partial charge in [-0.1, -0.05) is 60.4 Å². The molecule has 29 heavy (non-hydrogen) atoms. The number of halogens is 2. The van der Waals surface area contributed by atoms with Crippen molar-refractivity contribution in [1.82, 2.24) is 9.55 Å². The first-order valence-corrected chi connectivity index (χ1v) is 10.9. The molecule has 2 aromatic carbocycles. The number of esters is 1. The summed E-state index contributed by atoms with van der Waals surface area (Å²) in [5.41, 5.74) is 0.857. The van der Waals surface area contributed by atoms with E-state index in [0.717, 1.165) is 6.42 Å². The van der Waals surface area contributed by atoms with Crippen LogP contribution in [-0.4, -0.2) is 27.4 Å². The Bertz CT molecular complexity index is 1100. The van der Waals surface area contributed by atoms with E-state index in [1.54, 1.807) is 43.3 Å². The summed E-state index contributed by atoms with van der Waals surface area (Å²) in [6.07, 6.45) is 1.40. The SMILES string of the molecule is CCC[C@@H](Sc1nc2ccccc2c(=O)n1-c1ccc(Cl)c(Cl)c1)C(=O)OCC. The largest absolute Gasteiger partial charge is 0.465 e. The fraction of sp³-hybridized carbons (Fsp3) is 0.286. The van der Waals surface area contributed by atoms with Crippen LogP contribution >= 0.6 is 35.0 Å². The molecule has 0 aliphatic rings. The molecule has 3 aromatic rings. The zero-order valence-corrected chi connectivity index (χ0v) is 18.4. The zero-order chi connectivity index (χ0) is 21.0. The second kappa shape index (κ2) is 9.65. The molecular formula is C21H20Cl2N2O3S. The van der Waals surface area contributed by atoms with Crippen LogP contribution in [0, 0.1) is 0 Å². The Hall–Kier alpha value is -2.02. The van der Waals surface area contributed by atoms with E-state index < -0.39 is 5.25 Å². The molecule has 8 heteroatoms. The van der Waals surface area contributed by atoms with Gasteiger partial charge in [-0.25, -0.2) is 4.98 Å². The van der Waals surface area contributed by atoms with Gasteiger partial charge >= 0.3 is 5.97 Å². The summed E-state index contributed by atoms with van der Waals surface area (Å²) < 4.78 is 6.68. The smallest absolute Gasteiger partial charge is 0.319 e. The van der Waals surface area contributed by atoms with Crippen molar-refractivity contribution in [3.8, 4) is 5.69 Å². The third kappa shape index (κ3) is 4.77. The summed E-state index contributed by atoms with van der Waals surface area (Å²) in [7, 11) is 0. The number of fused-ring (bicyclic) bond motifs is 1. The van der Waals surface area contributed by atoms with E-state index in [0.29, 0.717) is 44.8 Å². The van der Waals surface area contributed by atoms with Gasteiger partial charge in [-0.2, -0.15) is 0 Å². The number of rotatable bonds is 7. The second-order valence-corrected chi connectivity index (χ2v) is 8.28. The Morgan fingerprint density at radius 3 is 2.62 bits per heavy atom. The zero-order valence-electron chi connectivity index (χ0n) is 16.0. The lowest BCUT2D eigenvalue weighted by molar-refractivity contribution is -0.142. The third-order valence-electron chi connectivity index (χ3n) is 4.25. The summed E-state index contributed by atoms with van der Waals surface area (Å²) in [5, 5.41) is 1.13. The molecule has 0 aliphatic carbocycles. The van der Waals surface area contributed by atoms with E-state index in [-0.39, 0.29) is 11.5 Å². The molecule has 5 nitrogen and oxygen atoms in total. The number of carbonyl (C=O) groups is 1. The van der Waals surface area contributed by atoms with Crippen molar-refractivity contribution in [2.45, 2.75) is 37.1 Å². The van der Waals surface area contributed by atoms with Gasteiger partial charge < -0.3 is 4.74 Å². The lowest BCUT2D eigenvalue weighted by atomic mass is 10.2. The highest BCUT2D eigenvalue weighted by atomic mass is 35.5. The van der Waals surface area contributed by atoms with E-state index in [4.69, 9.17) is 27.9 Å². The average Bonchev–Trinajstić information content (AvgIpc) is 2.70. The van der Waals surface area contributed by atoms with Gasteiger partial charge in [-0.05, 0) is 43.7 Å². The Balaban J connectivity index is 2.19. The van der Waals surface area contributed by atoms with Crippen molar-refractivity contribution in [2.75, 3.05) is 6.61 Å². The molecule has 0 bridgehead atoms. The average molecular weight is 451 g/mol. The maximum Gasteiger partial charge on any atom is 0.319 e. The Morgan fingerprint density at radius 2 is 1.93 bits per heavy atom. The Kier molecular flexibility index (Phi) is 7.22. The minimum atomic E-state index is -0.470. The molecule has 0 fully saturated rings. The number of nitrogens with zero attached hydrogens (tertiary/aromatic N) is 2. The molecule has 152 valence electrons. The topological polar surface area (TPSA) is 61.2 Å². The van der Waals surface area contributed by atoms with Crippen LogP contribution in [0.15, 0.2) is 52.4 Å². The molecule has 1 aromatic heterocycles. The van der Waals surface area contributed by atoms with Crippen LogP contribution < -0.4 is 5.56 Å². The van der Waals surface area contributed by atoms with E-state index in [1.165, 1.54) is 16.3 Å². The first-order valence-electron chi connectivity index (χ1n) is 9.26. The van der Waals surface area contributed by atoms with Crippen molar-refractivity contribution in [3.05, 3.63) is 62.9 Å². The summed E-state index contributed by atoms with van der Waals surface area (Å²) in [6.45, 7) is 4.06. The summed E-state index contributed by atoms with van der Waals surface area (Å²) in [4.78, 5) is 30.4. The maximum absolute atomic E-state index is 13.3. The van der Waals surface area contributed by atoms with Crippen LogP contribution in [0.4, 0.5) is 0 Å². The molecule has 0 aliphatic heterocycles. The van der Waals surface area contributed by atoms with Gasteiger partial charge in [0.2, 0.25) is 0 Å². The minimum Gasteiger partial charge on any atom is -0.465 e. The number of ether oxygens (including phenoxy) is 1. The molecule has 1 heterocycles. The first-order chi connectivity index (χ1) is 14.0. The van der Waals surface area contributed by atoms with Crippen molar-refractivity contribution in [1.29, 1.82) is 0 Å². The molecule has 0 saturated heterocycles. The number of benzene rings is 2. The molecule has 0 amide bonds. The van der Waals surface area contributed by atoms with Crippen LogP contribution in [0.5, 0.6) is 0 Å². The summed E-state index contributed by atoms with van der Waals surface area (Å²) in [5.74, 6) is -0.317. The maximum atomic E-state index is 13.3. The van der Waals surface area contributed by atoms with Crippen LogP contribution in [0.1, 0.15) is 26.7 Å². The monoisotopic (exact) mass is 450 g/mol. The number of carbonyl (C=O) groups excluding carboxylic acids is 1. The highest BCUT2D eigenvalue weighted by Crippen LogP contribution is 2.30. The van der Waals surface area contributed by atoms with Crippen molar-refractivity contribution in [2.24, 2.45) is 0 Å². The Labute approximate surface area is 183 Å². The minimum absolute atomic E-state index is 0.240. The third-order valence-corrected chi connectivity index (χ3v) is 6.19. The van der Waals surface area contributed by atoms with E-state index in [9.17, 15) is 9.59 Å². The highest BCUT2D eigenvalue weighted by molar-refractivity contribution is 8.00. The molecular weight excluding hydrogens is 431 g/mol. The number of para-hydroxylation sites is 1. The predicted molar refractivity (Wildman–Crippen MR) is 119 cm³/mol. The molecule has 0 saturated carbocycles. The van der Waals surface area contributed by atoms with E-state index in [2.05, 4.69) is 4.98 Å². The van der Waals surface area contributed by atoms with Crippen molar-refractivity contribution in [3.63, 3.8) is 0 Å². The predicted octanol–water partition coefficient (Wildman–Crippen LogP) is 5.52. The van der Waals surface area contributed by atoms with Gasteiger partial charge in [0.15, 0.2) is 5.16 Å². The number of thioether (sulfide) groups is 1. The van der Waals surface area contributed by atoms with Crippen molar-refractivity contribution < 1.29 is 9.53 Å². The van der Waals surface area contributed by atoms with E-state index >= 15 is 0 Å². The van der Waals surface area contributed by atoms with Gasteiger partial charge in [-0.3, -0.25) is 14.2 Å². The summed E-state index contributed by atoms with van der Waals surface area (Å²) >= 11 is 13.5. The van der Waals surface area contributed by atoms with Gasteiger partial charge in [0.25, 0.3) is 5.56 Å². The van der Waals surface area contributed by atoms with Gasteiger partial charge in [0, 0.05) is 0 Å². The number of hydrogen-bond donors (Lipinski definition) is 0. The summed E-state index contributed by atoms with van der Waals surface area (Å²) in [6, 6.07) is 12.1. The Morgan fingerprint density at radius 1 is 1.17 bits per heavy atom. The number of hydrogen-bond acceptors (Lipinski definition) is 5. The second-order valence-electron chi connectivity index (χ2n) is 6.30. The normalized spacial score (nSPS) is 12.1. The molecule has 0 radical (unpaired) electrons. The molecule has 1 atom stereocenters. The molecule has 3 rings (SSSR count). The van der Waals surface area contributed by atoms with E-state index in [1.807, 2.05) is 13.0 Å². The number of aromatic nitrogens is 2. The van der Waals surface area contributed by atoms with Crippen LogP contribution in [0.2, 0.25) is 10.0 Å². The highest BCUT2D eigenvalue weighted by Gasteiger charge is 2.24. The quantitative estimate of drug-likeness (QED) is 0.269. The van der Waals surface area contributed by atoms with Crippen molar-refractivity contribution >= 4 is 51.8 Å². The molecule has 0 spiro atoms. The van der Waals surface area contributed by atoms with Gasteiger partial charge in [0.1, 0.15) is 5.25 Å². The lowest BCUT2D eigenvalue weighted by Gasteiger charge is -2.18. The fourth-order valence-corrected chi connectivity index (χ4v) is 4.40. The first kappa shape index (κ1) is 21.7. The fourth-order valence-electron chi connectivity index (χ4n) is 2.89. The molecule has 0 N–H and O–H groups in total. The van der Waals surface area contributed by atoms with Crippen LogP contribution in [0.3, 0.4) is 0 Å². The van der Waals surface area contributed by atoms with Crippen LogP contribution in [-0.2, 0) is 9.53 Å². The van der Waals surface area contributed by atoms with Gasteiger partial charge in [-0.15, -0.1) is 0 Å².